The van der Waals surface area contributed by atoms with Crippen LogP contribution in [0.15, 0.2) is 18.2 Å². The van der Waals surface area contributed by atoms with E-state index in [1.54, 1.807) is 0 Å². The Labute approximate surface area is 118 Å². The number of nitrogens with one attached hydrogen (secondary N) is 1. The molecule has 1 saturated carbocycles. The van der Waals surface area contributed by atoms with E-state index in [9.17, 15) is 24.5 Å². The topological polar surface area (TPSA) is 110 Å². The highest BCUT2D eigenvalue weighted by molar-refractivity contribution is 6.31. The number of urea groups is 1. The van der Waals surface area contributed by atoms with Crippen molar-refractivity contribution in [3.05, 3.63) is 33.9 Å². The minimum Gasteiger partial charge on any atom is -0.276 e. The molecule has 1 saturated heterocycles. The fraction of sp³-hybridized carbons (Fsp3) is 0.308. The molecule has 1 spiro atoms. The Balaban J connectivity index is 2.01. The van der Waals surface area contributed by atoms with Gasteiger partial charge in [-0.2, -0.15) is 0 Å². The molecule has 108 valence electrons. The second kappa shape index (κ2) is 4.11. The smallest absolute Gasteiger partial charge is 0.276 e. The van der Waals surface area contributed by atoms with E-state index < -0.39 is 28.2 Å². The van der Waals surface area contributed by atoms with Gasteiger partial charge in [0.1, 0.15) is 5.41 Å². The first kappa shape index (κ1) is 13.2. The van der Waals surface area contributed by atoms with E-state index in [1.165, 1.54) is 25.1 Å². The largest absolute Gasteiger partial charge is 0.335 e. The Hall–Kier alpha value is -2.77. The van der Waals surface area contributed by atoms with Crippen LogP contribution in [0.3, 0.4) is 0 Å². The summed E-state index contributed by atoms with van der Waals surface area (Å²) in [5, 5.41) is 13.0. The third-order valence-corrected chi connectivity index (χ3v) is 3.86. The van der Waals surface area contributed by atoms with Crippen LogP contribution in [0.2, 0.25) is 0 Å². The van der Waals surface area contributed by atoms with Gasteiger partial charge in [0, 0.05) is 11.6 Å². The number of amides is 4. The lowest BCUT2D eigenvalue weighted by Crippen LogP contribution is -2.59. The first-order chi connectivity index (χ1) is 9.86. The van der Waals surface area contributed by atoms with E-state index in [4.69, 9.17) is 0 Å². The van der Waals surface area contributed by atoms with Crippen LogP contribution in [0, 0.1) is 22.5 Å². The number of rotatable bonds is 2. The highest BCUT2D eigenvalue weighted by Crippen LogP contribution is 2.49. The van der Waals surface area contributed by atoms with Crippen molar-refractivity contribution in [2.45, 2.75) is 19.8 Å². The van der Waals surface area contributed by atoms with Crippen molar-refractivity contribution in [1.82, 2.24) is 5.32 Å². The van der Waals surface area contributed by atoms with Crippen molar-refractivity contribution >= 4 is 29.2 Å². The molecule has 1 aliphatic carbocycles. The summed E-state index contributed by atoms with van der Waals surface area (Å²) in [6.45, 7) is 1.52. The van der Waals surface area contributed by atoms with Gasteiger partial charge < -0.3 is 0 Å². The van der Waals surface area contributed by atoms with Gasteiger partial charge in [-0.05, 0) is 31.9 Å². The molecule has 1 aromatic rings. The van der Waals surface area contributed by atoms with E-state index in [2.05, 4.69) is 5.32 Å². The second-order valence-electron chi connectivity index (χ2n) is 5.21. The van der Waals surface area contributed by atoms with Crippen molar-refractivity contribution in [2.75, 3.05) is 4.90 Å². The molecule has 0 radical (unpaired) electrons. The van der Waals surface area contributed by atoms with Crippen molar-refractivity contribution < 1.29 is 19.3 Å². The molecule has 21 heavy (non-hydrogen) atoms. The number of nitrogens with zero attached hydrogens (tertiary/aromatic N) is 2. The molecular formula is C13H11N3O5. The van der Waals surface area contributed by atoms with Crippen LogP contribution in [-0.2, 0) is 9.59 Å². The third kappa shape index (κ3) is 1.79. The zero-order valence-corrected chi connectivity index (χ0v) is 11.1. The van der Waals surface area contributed by atoms with Crippen LogP contribution in [-0.4, -0.2) is 22.8 Å². The Bertz CT molecular complexity index is 708. The van der Waals surface area contributed by atoms with Crippen LogP contribution < -0.4 is 10.2 Å². The summed E-state index contributed by atoms with van der Waals surface area (Å²) in [6.07, 6.45) is 0.820. The molecule has 0 atom stereocenters. The molecule has 1 aliphatic heterocycles. The molecule has 0 unspecified atom stereocenters. The summed E-state index contributed by atoms with van der Waals surface area (Å²) in [5.41, 5.74) is -0.677. The summed E-state index contributed by atoms with van der Waals surface area (Å²) in [6, 6.07) is 3.13. The number of anilines is 1. The number of benzene rings is 1. The zero-order chi connectivity index (χ0) is 15.4. The summed E-state index contributed by atoms with van der Waals surface area (Å²) in [5.74, 6) is -1.13. The third-order valence-electron chi connectivity index (χ3n) is 3.86. The van der Waals surface area contributed by atoms with Crippen molar-refractivity contribution in [2.24, 2.45) is 5.41 Å². The SMILES string of the molecule is Cc1cc(N2C(=O)NC(=O)C3(CC3)C2=O)ccc1[N+](=O)[O-]. The predicted molar refractivity (Wildman–Crippen MR) is 70.5 cm³/mol. The monoisotopic (exact) mass is 289 g/mol. The lowest BCUT2D eigenvalue weighted by Gasteiger charge is -2.30. The highest BCUT2D eigenvalue weighted by Gasteiger charge is 2.62. The van der Waals surface area contributed by atoms with Gasteiger partial charge in [-0.3, -0.25) is 25.0 Å². The Kier molecular flexibility index (Phi) is 2.59. The van der Waals surface area contributed by atoms with E-state index in [0.717, 1.165) is 4.90 Å². The van der Waals surface area contributed by atoms with E-state index >= 15 is 0 Å². The Morgan fingerprint density at radius 1 is 1.29 bits per heavy atom. The molecule has 4 amide bonds. The number of imide groups is 2. The lowest BCUT2D eigenvalue weighted by molar-refractivity contribution is -0.385. The second-order valence-corrected chi connectivity index (χ2v) is 5.21. The number of carbonyl (C=O) groups is 3. The maximum atomic E-state index is 12.4. The molecular weight excluding hydrogens is 278 g/mol. The van der Waals surface area contributed by atoms with E-state index in [1.807, 2.05) is 0 Å². The predicted octanol–water partition coefficient (Wildman–Crippen LogP) is 1.27. The molecule has 1 aromatic carbocycles. The van der Waals surface area contributed by atoms with E-state index in [-0.39, 0.29) is 11.4 Å². The summed E-state index contributed by atoms with van der Waals surface area (Å²) in [7, 11) is 0. The summed E-state index contributed by atoms with van der Waals surface area (Å²) < 4.78 is 0. The Morgan fingerprint density at radius 3 is 2.48 bits per heavy atom. The van der Waals surface area contributed by atoms with Crippen LogP contribution in [0.4, 0.5) is 16.2 Å². The van der Waals surface area contributed by atoms with Crippen LogP contribution in [0.5, 0.6) is 0 Å². The minimum absolute atomic E-state index is 0.0965. The van der Waals surface area contributed by atoms with Gasteiger partial charge in [0.15, 0.2) is 0 Å². The summed E-state index contributed by atoms with van der Waals surface area (Å²) in [4.78, 5) is 47.1. The van der Waals surface area contributed by atoms with Crippen LogP contribution >= 0.6 is 0 Å². The average molecular weight is 289 g/mol. The quantitative estimate of drug-likeness (QED) is 0.501. The Morgan fingerprint density at radius 2 is 1.95 bits per heavy atom. The van der Waals surface area contributed by atoms with Crippen LogP contribution in [0.1, 0.15) is 18.4 Å². The molecule has 8 nitrogen and oxygen atoms in total. The molecule has 1 N–H and O–H groups in total. The molecule has 0 bridgehead atoms. The number of nitro benzene ring substituents is 1. The molecule has 8 heteroatoms. The van der Waals surface area contributed by atoms with Gasteiger partial charge in [0.25, 0.3) is 11.6 Å². The van der Waals surface area contributed by atoms with Gasteiger partial charge in [-0.25, -0.2) is 9.69 Å². The minimum atomic E-state index is -1.14. The molecule has 2 aliphatic rings. The standard InChI is InChI=1S/C13H11N3O5/c1-7-6-8(2-3-9(7)16(20)21)15-11(18)13(4-5-13)10(17)14-12(15)19/h2-3,6H,4-5H2,1H3,(H,14,17,19). The average Bonchev–Trinajstić information content (AvgIpc) is 3.18. The lowest BCUT2D eigenvalue weighted by atomic mass is 10.0. The van der Waals surface area contributed by atoms with Crippen molar-refractivity contribution in [3.63, 3.8) is 0 Å². The normalized spacial score (nSPS) is 19.7. The number of aryl methyl sites for hydroxylation is 1. The first-order valence-corrected chi connectivity index (χ1v) is 6.32. The van der Waals surface area contributed by atoms with Gasteiger partial charge in [-0.15, -0.1) is 0 Å². The van der Waals surface area contributed by atoms with Crippen molar-refractivity contribution in [1.29, 1.82) is 0 Å². The maximum Gasteiger partial charge on any atom is 0.335 e. The molecule has 1 heterocycles. The number of nitro groups is 1. The fourth-order valence-electron chi connectivity index (χ4n) is 2.46. The highest BCUT2D eigenvalue weighted by atomic mass is 16.6. The fourth-order valence-corrected chi connectivity index (χ4v) is 2.46. The summed E-state index contributed by atoms with van der Waals surface area (Å²) >= 11 is 0. The zero-order valence-electron chi connectivity index (χ0n) is 11.1. The molecule has 3 rings (SSSR count). The van der Waals surface area contributed by atoms with E-state index in [0.29, 0.717) is 18.4 Å². The van der Waals surface area contributed by atoms with Crippen LogP contribution in [0.25, 0.3) is 0 Å². The van der Waals surface area contributed by atoms with Gasteiger partial charge >= 0.3 is 6.03 Å². The maximum absolute atomic E-state index is 12.4. The number of barbiturate groups is 1. The molecule has 2 fully saturated rings. The first-order valence-electron chi connectivity index (χ1n) is 6.32. The van der Waals surface area contributed by atoms with Gasteiger partial charge in [0.05, 0.1) is 10.6 Å². The van der Waals surface area contributed by atoms with Gasteiger partial charge in [-0.1, -0.05) is 0 Å². The van der Waals surface area contributed by atoms with Crippen molar-refractivity contribution in [3.8, 4) is 0 Å². The number of carbonyl (C=O) groups excluding carboxylic acids is 3. The van der Waals surface area contributed by atoms with Gasteiger partial charge in [0.2, 0.25) is 5.91 Å². The number of hydrogen-bond acceptors (Lipinski definition) is 5. The number of hydrogen-bond donors (Lipinski definition) is 1. The molecule has 0 aromatic heterocycles.